The quantitative estimate of drug-likeness (QED) is 0.917. The molecule has 0 atom stereocenters. The zero-order chi connectivity index (χ0) is 14.7. The molecule has 0 aromatic heterocycles. The van der Waals surface area contributed by atoms with Gasteiger partial charge in [0.15, 0.2) is 11.6 Å². The normalized spacial score (nSPS) is 10.4. The number of carbonyl (C=O) groups is 1. The summed E-state index contributed by atoms with van der Waals surface area (Å²) in [6.07, 6.45) is 0. The molecule has 0 saturated heterocycles. The summed E-state index contributed by atoms with van der Waals surface area (Å²) in [6.45, 7) is 1.80. The molecule has 104 valence electrons. The molecule has 0 aliphatic heterocycles. The minimum Gasteiger partial charge on any atom is -0.348 e. The number of amides is 1. The zero-order valence-corrected chi connectivity index (χ0v) is 10.7. The molecule has 2 aromatic rings. The molecule has 1 N–H and O–H groups in total. The number of aryl methyl sites for hydroxylation is 1. The molecule has 20 heavy (non-hydrogen) atoms. The van der Waals surface area contributed by atoms with Crippen LogP contribution in [0.4, 0.5) is 13.2 Å². The standard InChI is InChI=1S/C15H12F3NO/c1-9-6-10(2-4-12(9)16)8-19-15(20)11-3-5-13(17)14(18)7-11/h2-7H,8H2,1H3,(H,19,20). The van der Waals surface area contributed by atoms with Crippen molar-refractivity contribution in [2.75, 3.05) is 0 Å². The number of hydrogen-bond acceptors (Lipinski definition) is 1. The highest BCUT2D eigenvalue weighted by atomic mass is 19.2. The summed E-state index contributed by atoms with van der Waals surface area (Å²) in [5.41, 5.74) is 1.23. The van der Waals surface area contributed by atoms with E-state index >= 15 is 0 Å². The molecule has 0 aliphatic rings. The first-order chi connectivity index (χ1) is 9.47. The lowest BCUT2D eigenvalue weighted by Gasteiger charge is -2.07. The van der Waals surface area contributed by atoms with E-state index in [0.29, 0.717) is 5.56 Å². The van der Waals surface area contributed by atoms with Gasteiger partial charge in [-0.2, -0.15) is 0 Å². The average Bonchev–Trinajstić information content (AvgIpc) is 2.43. The summed E-state index contributed by atoms with van der Waals surface area (Å²) < 4.78 is 38.8. The van der Waals surface area contributed by atoms with Crippen molar-refractivity contribution in [1.82, 2.24) is 5.32 Å². The SMILES string of the molecule is Cc1cc(CNC(=O)c2ccc(F)c(F)c2)ccc1F. The van der Waals surface area contributed by atoms with Crippen molar-refractivity contribution in [2.24, 2.45) is 0 Å². The molecule has 2 nitrogen and oxygen atoms in total. The summed E-state index contributed by atoms with van der Waals surface area (Å²) >= 11 is 0. The van der Waals surface area contributed by atoms with Gasteiger partial charge in [0.05, 0.1) is 0 Å². The number of hydrogen-bond donors (Lipinski definition) is 1. The second-order valence-corrected chi connectivity index (χ2v) is 4.40. The van der Waals surface area contributed by atoms with Crippen LogP contribution < -0.4 is 5.32 Å². The first-order valence-electron chi connectivity index (χ1n) is 5.95. The second-order valence-electron chi connectivity index (χ2n) is 4.40. The van der Waals surface area contributed by atoms with Gasteiger partial charge < -0.3 is 5.32 Å². The van der Waals surface area contributed by atoms with Crippen LogP contribution in [-0.4, -0.2) is 5.91 Å². The monoisotopic (exact) mass is 279 g/mol. The molecule has 0 unspecified atom stereocenters. The third-order valence-electron chi connectivity index (χ3n) is 2.86. The summed E-state index contributed by atoms with van der Waals surface area (Å²) in [5.74, 6) is -2.92. The lowest BCUT2D eigenvalue weighted by atomic mass is 10.1. The Kier molecular flexibility index (Phi) is 4.08. The Morgan fingerprint density at radius 1 is 1.00 bits per heavy atom. The number of carbonyl (C=O) groups excluding carboxylic acids is 1. The van der Waals surface area contributed by atoms with Gasteiger partial charge in [0.2, 0.25) is 0 Å². The summed E-state index contributed by atoms with van der Waals surface area (Å²) in [6, 6.07) is 7.40. The van der Waals surface area contributed by atoms with Gasteiger partial charge in [0.25, 0.3) is 5.91 Å². The lowest BCUT2D eigenvalue weighted by molar-refractivity contribution is 0.0950. The van der Waals surface area contributed by atoms with Gasteiger partial charge in [-0.3, -0.25) is 4.79 Å². The highest BCUT2D eigenvalue weighted by Crippen LogP contribution is 2.11. The van der Waals surface area contributed by atoms with E-state index < -0.39 is 17.5 Å². The number of benzene rings is 2. The Balaban J connectivity index is 2.04. The van der Waals surface area contributed by atoms with Crippen LogP contribution in [0, 0.1) is 24.4 Å². The predicted molar refractivity (Wildman–Crippen MR) is 68.7 cm³/mol. The summed E-state index contributed by atoms with van der Waals surface area (Å²) in [7, 11) is 0. The fourth-order valence-electron chi connectivity index (χ4n) is 1.74. The molecular weight excluding hydrogens is 267 g/mol. The van der Waals surface area contributed by atoms with Crippen LogP contribution in [0.1, 0.15) is 21.5 Å². The number of rotatable bonds is 3. The van der Waals surface area contributed by atoms with Crippen molar-refractivity contribution in [3.8, 4) is 0 Å². The smallest absolute Gasteiger partial charge is 0.251 e. The van der Waals surface area contributed by atoms with Gasteiger partial charge >= 0.3 is 0 Å². The number of halogens is 3. The van der Waals surface area contributed by atoms with Gasteiger partial charge in [0, 0.05) is 12.1 Å². The second kappa shape index (κ2) is 5.77. The molecule has 0 bridgehead atoms. The predicted octanol–water partition coefficient (Wildman–Crippen LogP) is 3.34. The fourth-order valence-corrected chi connectivity index (χ4v) is 1.74. The molecule has 2 rings (SSSR count). The van der Waals surface area contributed by atoms with E-state index in [4.69, 9.17) is 0 Å². The van der Waals surface area contributed by atoms with Crippen LogP contribution in [0.5, 0.6) is 0 Å². The van der Waals surface area contributed by atoms with Crippen LogP contribution >= 0.6 is 0 Å². The van der Waals surface area contributed by atoms with Crippen molar-refractivity contribution in [3.05, 3.63) is 70.5 Å². The Hall–Kier alpha value is -2.30. The molecule has 0 fully saturated rings. The summed E-state index contributed by atoms with van der Waals surface area (Å²) in [5, 5.41) is 2.56. The first kappa shape index (κ1) is 14.1. The Bertz CT molecular complexity index is 656. The van der Waals surface area contributed by atoms with Gasteiger partial charge in [0.1, 0.15) is 5.82 Å². The lowest BCUT2D eigenvalue weighted by Crippen LogP contribution is -2.23. The van der Waals surface area contributed by atoms with Crippen molar-refractivity contribution in [3.63, 3.8) is 0 Å². The molecule has 0 spiro atoms. The van der Waals surface area contributed by atoms with Crippen LogP contribution in [-0.2, 0) is 6.54 Å². The van der Waals surface area contributed by atoms with Gasteiger partial charge in [-0.1, -0.05) is 12.1 Å². The average molecular weight is 279 g/mol. The van der Waals surface area contributed by atoms with E-state index in [1.54, 1.807) is 19.1 Å². The molecule has 0 heterocycles. The highest BCUT2D eigenvalue weighted by Gasteiger charge is 2.09. The molecule has 0 aliphatic carbocycles. The Labute approximate surface area is 114 Å². The number of nitrogens with one attached hydrogen (secondary N) is 1. The van der Waals surface area contributed by atoms with E-state index in [-0.39, 0.29) is 17.9 Å². The third kappa shape index (κ3) is 3.17. The van der Waals surface area contributed by atoms with Crippen molar-refractivity contribution < 1.29 is 18.0 Å². The molecule has 0 radical (unpaired) electrons. The van der Waals surface area contributed by atoms with Crippen LogP contribution in [0.2, 0.25) is 0 Å². The van der Waals surface area contributed by atoms with Gasteiger partial charge in [-0.05, 0) is 42.3 Å². The summed E-state index contributed by atoms with van der Waals surface area (Å²) in [4.78, 5) is 11.8. The highest BCUT2D eigenvalue weighted by molar-refractivity contribution is 5.94. The van der Waals surface area contributed by atoms with E-state index in [2.05, 4.69) is 5.32 Å². The van der Waals surface area contributed by atoms with Crippen molar-refractivity contribution in [2.45, 2.75) is 13.5 Å². The van der Waals surface area contributed by atoms with Gasteiger partial charge in [-0.15, -0.1) is 0 Å². The van der Waals surface area contributed by atoms with Crippen molar-refractivity contribution >= 4 is 5.91 Å². The maximum atomic E-state index is 13.1. The van der Waals surface area contributed by atoms with Crippen molar-refractivity contribution in [1.29, 1.82) is 0 Å². The first-order valence-corrected chi connectivity index (χ1v) is 5.95. The molecule has 2 aromatic carbocycles. The minimum absolute atomic E-state index is 0.0303. The fraction of sp³-hybridized carbons (Fsp3) is 0.133. The van der Waals surface area contributed by atoms with Gasteiger partial charge in [-0.25, -0.2) is 13.2 Å². The topological polar surface area (TPSA) is 29.1 Å². The molecule has 5 heteroatoms. The van der Waals surface area contributed by atoms with Crippen LogP contribution in [0.3, 0.4) is 0 Å². The molecule has 1 amide bonds. The van der Waals surface area contributed by atoms with E-state index in [9.17, 15) is 18.0 Å². The molecular formula is C15H12F3NO. The van der Waals surface area contributed by atoms with Crippen LogP contribution in [0.25, 0.3) is 0 Å². The maximum Gasteiger partial charge on any atom is 0.251 e. The minimum atomic E-state index is -1.07. The zero-order valence-electron chi connectivity index (χ0n) is 10.7. The van der Waals surface area contributed by atoms with E-state index in [1.165, 1.54) is 12.1 Å². The Morgan fingerprint density at radius 3 is 2.35 bits per heavy atom. The largest absolute Gasteiger partial charge is 0.348 e. The van der Waals surface area contributed by atoms with E-state index in [0.717, 1.165) is 17.7 Å². The molecule has 0 saturated carbocycles. The third-order valence-corrected chi connectivity index (χ3v) is 2.86. The van der Waals surface area contributed by atoms with Crippen LogP contribution in [0.15, 0.2) is 36.4 Å². The van der Waals surface area contributed by atoms with E-state index in [1.807, 2.05) is 0 Å². The Morgan fingerprint density at radius 2 is 1.70 bits per heavy atom. The maximum absolute atomic E-state index is 13.1.